The average Bonchev–Trinajstić information content (AvgIpc) is 2.23. The molecule has 6 nitrogen and oxygen atoms in total. The van der Waals surface area contributed by atoms with Gasteiger partial charge in [-0.1, -0.05) is 19.8 Å². The van der Waals surface area contributed by atoms with Crippen LogP contribution in [-0.4, -0.2) is 66.8 Å². The molecule has 17 heavy (non-hydrogen) atoms. The molecule has 0 amide bonds. The first kappa shape index (κ1) is 20.3. The number of nitrogens with two attached hydrogens (primary N) is 1. The molecule has 0 saturated heterocycles. The first-order valence-corrected chi connectivity index (χ1v) is 7.52. The topological polar surface area (TPSA) is 96.6 Å². The van der Waals surface area contributed by atoms with Crippen molar-refractivity contribution in [1.29, 1.82) is 0 Å². The predicted octanol–water partition coefficient (Wildman–Crippen LogP) is -0.217. The van der Waals surface area contributed by atoms with Crippen molar-refractivity contribution in [3.05, 3.63) is 0 Å². The van der Waals surface area contributed by atoms with Gasteiger partial charge < -0.3 is 15.9 Å². The van der Waals surface area contributed by atoms with E-state index in [0.717, 1.165) is 25.8 Å². The number of hydrogen-bond acceptors (Lipinski definition) is 5. The van der Waals surface area contributed by atoms with Gasteiger partial charge in [0, 0.05) is 26.2 Å². The van der Waals surface area contributed by atoms with Crippen LogP contribution < -0.4 is 16.5 Å². The molecular formula is C9H25N3NaO3P. The molecule has 0 aliphatic carbocycles. The van der Waals surface area contributed by atoms with Crippen LogP contribution in [0.15, 0.2) is 0 Å². The predicted molar refractivity (Wildman–Crippen MR) is 72.4 cm³/mol. The summed E-state index contributed by atoms with van der Waals surface area (Å²) in [6, 6.07) is 0. The van der Waals surface area contributed by atoms with Crippen LogP contribution in [0.4, 0.5) is 0 Å². The molecule has 0 aromatic rings. The second-order valence-corrected chi connectivity index (χ2v) is 5.50. The number of rotatable bonds is 11. The van der Waals surface area contributed by atoms with E-state index in [9.17, 15) is 9.46 Å². The molecule has 0 saturated carbocycles. The van der Waals surface area contributed by atoms with E-state index in [-0.39, 0.29) is 35.7 Å². The molecule has 0 rings (SSSR count). The van der Waals surface area contributed by atoms with Crippen LogP contribution in [-0.2, 0) is 9.19 Å². The maximum absolute atomic E-state index is 11.4. The van der Waals surface area contributed by atoms with E-state index < -0.39 is 7.60 Å². The van der Waals surface area contributed by atoms with E-state index in [1.165, 1.54) is 0 Å². The number of nitrogens with one attached hydrogen (secondary N) is 2. The first-order valence-electron chi connectivity index (χ1n) is 5.76. The summed E-state index contributed by atoms with van der Waals surface area (Å²) in [5.74, 6) is 0. The maximum atomic E-state index is 11.4. The minimum absolute atomic E-state index is 0. The third-order valence-corrected chi connectivity index (χ3v) is 3.27. The summed E-state index contributed by atoms with van der Waals surface area (Å²) in [6.07, 6.45) is 2.91. The summed E-state index contributed by atoms with van der Waals surface area (Å²) in [4.78, 5) is 9.37. The van der Waals surface area contributed by atoms with Crippen molar-refractivity contribution in [1.82, 2.24) is 10.8 Å². The molecule has 5 N–H and O–H groups in total. The van der Waals surface area contributed by atoms with E-state index in [1.54, 1.807) is 0 Å². The van der Waals surface area contributed by atoms with Crippen molar-refractivity contribution in [2.24, 2.45) is 5.73 Å². The fourth-order valence-corrected chi connectivity index (χ4v) is 2.13. The summed E-state index contributed by atoms with van der Waals surface area (Å²) >= 11 is 0. The van der Waals surface area contributed by atoms with Gasteiger partial charge in [-0.15, -0.1) is 0 Å². The van der Waals surface area contributed by atoms with Gasteiger partial charge in [-0.2, -0.15) is 5.48 Å². The van der Waals surface area contributed by atoms with Gasteiger partial charge in [0.1, 0.15) is 0 Å². The van der Waals surface area contributed by atoms with Crippen LogP contribution in [0.25, 0.3) is 0 Å². The normalized spacial score (nSPS) is 14.1. The molecule has 1 atom stereocenters. The molecule has 0 aliphatic heterocycles. The Morgan fingerprint density at radius 2 is 2.00 bits per heavy atom. The van der Waals surface area contributed by atoms with Crippen LogP contribution in [0.2, 0.25) is 0 Å². The standard InChI is InChI=1S/C9H24N3O3P.Na.H/c1-2-3-4-9-16(13,14)15-12-8-7-11-6-5-10;;/h11-12H,2-10H2,1H3,(H,13,14);;. The summed E-state index contributed by atoms with van der Waals surface area (Å²) < 4.78 is 16.2. The Morgan fingerprint density at radius 1 is 1.29 bits per heavy atom. The molecule has 0 bridgehead atoms. The molecular weight excluding hydrogens is 252 g/mol. The third-order valence-electron chi connectivity index (χ3n) is 1.98. The Balaban J connectivity index is 0. The minimum atomic E-state index is -3.44. The monoisotopic (exact) mass is 277 g/mol. The molecule has 0 spiro atoms. The van der Waals surface area contributed by atoms with Gasteiger partial charge in [-0.25, -0.2) is 4.62 Å². The molecule has 0 aliphatic rings. The van der Waals surface area contributed by atoms with E-state index in [1.807, 2.05) is 6.92 Å². The summed E-state index contributed by atoms with van der Waals surface area (Å²) in [5, 5.41) is 3.03. The zero-order valence-electron chi connectivity index (χ0n) is 9.95. The second kappa shape index (κ2) is 13.5. The Morgan fingerprint density at radius 3 is 2.59 bits per heavy atom. The average molecular weight is 277 g/mol. The van der Waals surface area contributed by atoms with Crippen molar-refractivity contribution in [3.8, 4) is 0 Å². The van der Waals surface area contributed by atoms with Crippen LogP contribution in [0.1, 0.15) is 26.2 Å². The third kappa shape index (κ3) is 15.0. The summed E-state index contributed by atoms with van der Waals surface area (Å²) in [7, 11) is -3.44. The molecule has 0 fully saturated rings. The van der Waals surface area contributed by atoms with Gasteiger partial charge in [0.15, 0.2) is 0 Å². The quantitative estimate of drug-likeness (QED) is 0.180. The molecule has 100 valence electrons. The van der Waals surface area contributed by atoms with Gasteiger partial charge in [-0.3, -0.25) is 4.57 Å². The van der Waals surface area contributed by atoms with Gasteiger partial charge >= 0.3 is 37.2 Å². The fraction of sp³-hybridized carbons (Fsp3) is 1.00. The van der Waals surface area contributed by atoms with Crippen molar-refractivity contribution >= 4 is 37.2 Å². The SMILES string of the molecule is CCCCCP(=O)(O)ONCCNCCN.[NaH]. The fourth-order valence-electron chi connectivity index (χ4n) is 1.12. The van der Waals surface area contributed by atoms with Crippen molar-refractivity contribution in [2.45, 2.75) is 26.2 Å². The van der Waals surface area contributed by atoms with Crippen LogP contribution >= 0.6 is 7.60 Å². The zero-order valence-corrected chi connectivity index (χ0v) is 10.8. The van der Waals surface area contributed by atoms with Crippen LogP contribution in [0, 0.1) is 0 Å². The Labute approximate surface area is 126 Å². The van der Waals surface area contributed by atoms with Crippen molar-refractivity contribution in [3.63, 3.8) is 0 Å². The molecule has 0 heterocycles. The van der Waals surface area contributed by atoms with E-state index in [4.69, 9.17) is 10.4 Å². The Bertz CT molecular complexity index is 210. The molecule has 8 heteroatoms. The second-order valence-electron chi connectivity index (χ2n) is 3.59. The number of hydrogen-bond donors (Lipinski definition) is 4. The summed E-state index contributed by atoms with van der Waals surface area (Å²) in [6.45, 7) is 4.50. The van der Waals surface area contributed by atoms with Gasteiger partial charge in [-0.05, 0) is 6.42 Å². The van der Waals surface area contributed by atoms with Gasteiger partial charge in [0.05, 0.1) is 6.16 Å². The van der Waals surface area contributed by atoms with Crippen LogP contribution in [0.5, 0.6) is 0 Å². The molecule has 0 aromatic heterocycles. The molecule has 0 aromatic carbocycles. The number of unbranched alkanes of at least 4 members (excludes halogenated alkanes) is 2. The van der Waals surface area contributed by atoms with Gasteiger partial charge in [0.2, 0.25) is 0 Å². The van der Waals surface area contributed by atoms with E-state index in [0.29, 0.717) is 19.6 Å². The molecule has 1 unspecified atom stereocenters. The first-order chi connectivity index (χ1) is 7.62. The van der Waals surface area contributed by atoms with Crippen molar-refractivity contribution in [2.75, 3.05) is 32.3 Å². The van der Waals surface area contributed by atoms with E-state index in [2.05, 4.69) is 10.8 Å². The molecule has 0 radical (unpaired) electrons. The summed E-state index contributed by atoms with van der Waals surface area (Å²) in [5.41, 5.74) is 7.78. The number of hydroxylamine groups is 1. The Kier molecular flexibility index (Phi) is 16.1. The van der Waals surface area contributed by atoms with Crippen molar-refractivity contribution < 1.29 is 14.1 Å². The van der Waals surface area contributed by atoms with Crippen LogP contribution in [0.3, 0.4) is 0 Å². The Hall–Kier alpha value is 1.03. The van der Waals surface area contributed by atoms with Gasteiger partial charge in [0.25, 0.3) is 0 Å². The zero-order chi connectivity index (χ0) is 12.3. The van der Waals surface area contributed by atoms with E-state index >= 15 is 0 Å².